The number of aliphatic hydroxyl groups is 7. The van der Waals surface area contributed by atoms with Crippen molar-refractivity contribution < 1.29 is 74.4 Å². The third-order valence-corrected chi connectivity index (χ3v) is 15.1. The van der Waals surface area contributed by atoms with Crippen LogP contribution in [-0.2, 0) is 33.6 Å². The fourth-order valence-electron chi connectivity index (χ4n) is 10.4. The fraction of sp³-hybridized carbons (Fsp3) is 0.750. The van der Waals surface area contributed by atoms with Crippen molar-refractivity contribution in [1.29, 1.82) is 0 Å². The van der Waals surface area contributed by atoms with Gasteiger partial charge in [0.2, 0.25) is 41.4 Å². The Hall–Kier alpha value is -5.65. The number of phenols is 1. The molecule has 0 bridgehead atoms. The van der Waals surface area contributed by atoms with Crippen molar-refractivity contribution in [1.82, 2.24) is 41.4 Å². The van der Waals surface area contributed by atoms with E-state index in [-0.39, 0.29) is 43.7 Å². The lowest BCUT2D eigenvalue weighted by Crippen LogP contribution is -2.65. The molecule has 446 valence electrons. The van der Waals surface area contributed by atoms with E-state index in [4.69, 9.17) is 11.5 Å². The van der Waals surface area contributed by atoms with Crippen LogP contribution in [0.1, 0.15) is 129 Å². The van der Waals surface area contributed by atoms with E-state index in [1.165, 1.54) is 18.6 Å². The first-order chi connectivity index (χ1) is 37.5. The molecule has 79 heavy (non-hydrogen) atoms. The highest BCUT2D eigenvalue weighted by molar-refractivity contribution is 5.98. The van der Waals surface area contributed by atoms with Crippen molar-refractivity contribution in [2.75, 3.05) is 32.7 Å². The van der Waals surface area contributed by atoms with Crippen molar-refractivity contribution in [2.45, 2.75) is 203 Å². The number of fused-ring (bicyclic) bond motifs is 2. The van der Waals surface area contributed by atoms with Gasteiger partial charge in [-0.1, -0.05) is 77.8 Å². The molecule has 17 N–H and O–H groups in total. The van der Waals surface area contributed by atoms with Crippen LogP contribution in [0, 0.1) is 16.7 Å². The van der Waals surface area contributed by atoms with Gasteiger partial charge in [-0.3, -0.25) is 33.6 Å². The SMILES string of the molecule is CC[C@H](C)C[C@H](C)CCCCCCCCC(=O)N[C@H]1C[C@@H](O)[C@@H](N(CCN)N=O)NC(=O)[C@@H]2[C@@H](O)CCN2C(=O)[C@H]([C@H](O)CCN)NC(=O)[C@H]([C@H](O)[C@@H](O)c2ccc(O)cc2)NC(=O)[C@@H]2C[C@@H](O)CN2C(=O)[C@H]([C@@H](C)O)NC1=O. The molecule has 0 spiro atoms. The number of unbranched alkanes of at least 4 members (excludes halogenated alkanes) is 5. The third-order valence-electron chi connectivity index (χ3n) is 15.1. The summed E-state index contributed by atoms with van der Waals surface area (Å²) >= 11 is 0. The number of hydrogen-bond acceptors (Lipinski definition) is 19. The topological polar surface area (TPSA) is 433 Å². The number of nitrogens with two attached hydrogens (primary N) is 2. The largest absolute Gasteiger partial charge is 0.508 e. The molecule has 1 aromatic carbocycles. The fourth-order valence-corrected chi connectivity index (χ4v) is 10.4. The number of phenolic OH excluding ortho intramolecular Hbond substituents is 1. The van der Waals surface area contributed by atoms with Gasteiger partial charge in [0.15, 0.2) is 0 Å². The van der Waals surface area contributed by atoms with Crippen LogP contribution in [0.25, 0.3) is 0 Å². The first kappa shape index (κ1) is 65.9. The predicted molar refractivity (Wildman–Crippen MR) is 285 cm³/mol. The summed E-state index contributed by atoms with van der Waals surface area (Å²) in [5.74, 6) is -7.04. The van der Waals surface area contributed by atoms with E-state index in [0.717, 1.165) is 67.4 Å². The Balaban J connectivity index is 1.77. The Morgan fingerprint density at radius 2 is 1.37 bits per heavy atom. The third kappa shape index (κ3) is 18.7. The molecule has 1 aromatic rings. The van der Waals surface area contributed by atoms with Crippen LogP contribution in [0.4, 0.5) is 0 Å². The molecule has 3 saturated heterocycles. The molecular formula is C52H87N11O16. The molecule has 0 saturated carbocycles. The first-order valence-corrected chi connectivity index (χ1v) is 27.6. The maximum Gasteiger partial charge on any atom is 0.248 e. The summed E-state index contributed by atoms with van der Waals surface area (Å²) in [5.41, 5.74) is 11.4. The number of carbonyl (C=O) groups is 7. The Morgan fingerprint density at radius 1 is 0.747 bits per heavy atom. The average molecular weight is 1120 g/mol. The van der Waals surface area contributed by atoms with Crippen LogP contribution < -0.4 is 38.1 Å². The monoisotopic (exact) mass is 1120 g/mol. The zero-order valence-electron chi connectivity index (χ0n) is 45.8. The average Bonchev–Trinajstić information content (AvgIpc) is 4.01. The molecule has 16 atom stereocenters. The van der Waals surface area contributed by atoms with E-state index < -0.39 is 159 Å². The van der Waals surface area contributed by atoms with Crippen LogP contribution >= 0.6 is 0 Å². The van der Waals surface area contributed by atoms with E-state index in [9.17, 15) is 79.3 Å². The van der Waals surface area contributed by atoms with E-state index in [1.54, 1.807) is 0 Å². The number of nitroso groups, excluding NO2 is 1. The summed E-state index contributed by atoms with van der Waals surface area (Å²) in [4.78, 5) is 115. The van der Waals surface area contributed by atoms with Gasteiger partial charge >= 0.3 is 0 Å². The van der Waals surface area contributed by atoms with Crippen LogP contribution in [-0.4, -0.2) is 209 Å². The maximum absolute atomic E-state index is 14.6. The molecule has 27 nitrogen and oxygen atoms in total. The lowest BCUT2D eigenvalue weighted by Gasteiger charge is -2.36. The minimum atomic E-state index is -2.31. The zero-order valence-corrected chi connectivity index (χ0v) is 45.8. The van der Waals surface area contributed by atoms with Crippen molar-refractivity contribution in [3.63, 3.8) is 0 Å². The number of carbonyl (C=O) groups excluding carboxylic acids is 7. The van der Waals surface area contributed by atoms with Gasteiger partial charge in [0.05, 0.1) is 42.4 Å². The van der Waals surface area contributed by atoms with Crippen LogP contribution in [0.2, 0.25) is 0 Å². The van der Waals surface area contributed by atoms with Crippen molar-refractivity contribution in [3.8, 4) is 5.75 Å². The van der Waals surface area contributed by atoms with Gasteiger partial charge in [-0.15, -0.1) is 4.91 Å². The Kier molecular flexibility index (Phi) is 26.6. The summed E-state index contributed by atoms with van der Waals surface area (Å²) in [6.45, 7) is 5.85. The highest BCUT2D eigenvalue weighted by Gasteiger charge is 2.49. The number of aromatic hydroxyl groups is 1. The molecule has 3 fully saturated rings. The molecular weight excluding hydrogens is 1030 g/mol. The molecule has 0 unspecified atom stereocenters. The van der Waals surface area contributed by atoms with E-state index >= 15 is 0 Å². The summed E-state index contributed by atoms with van der Waals surface area (Å²) in [6, 6.07) is -6.97. The number of rotatable bonds is 24. The number of hydrogen-bond donors (Lipinski definition) is 15. The second kappa shape index (κ2) is 32.0. The normalized spacial score (nSPS) is 28.1. The van der Waals surface area contributed by atoms with Gasteiger partial charge in [0, 0.05) is 38.9 Å². The second-order valence-corrected chi connectivity index (χ2v) is 21.5. The molecule has 0 aliphatic carbocycles. The quantitative estimate of drug-likeness (QED) is 0.0280. The Labute approximate surface area is 460 Å². The lowest BCUT2D eigenvalue weighted by molar-refractivity contribution is -0.148. The predicted octanol–water partition coefficient (Wildman–Crippen LogP) is -2.92. The van der Waals surface area contributed by atoms with E-state index in [1.807, 2.05) is 0 Å². The van der Waals surface area contributed by atoms with E-state index in [2.05, 4.69) is 52.6 Å². The van der Waals surface area contributed by atoms with Gasteiger partial charge in [-0.25, -0.2) is 5.01 Å². The van der Waals surface area contributed by atoms with Gasteiger partial charge in [-0.05, 0) is 68.7 Å². The number of nitrogens with zero attached hydrogens (tertiary/aromatic N) is 4. The number of aliphatic hydroxyl groups excluding tert-OH is 7. The zero-order chi connectivity index (χ0) is 58.7. The van der Waals surface area contributed by atoms with Crippen LogP contribution in [0.5, 0.6) is 5.75 Å². The number of nitrogens with one attached hydrogen (secondary N) is 5. The summed E-state index contributed by atoms with van der Waals surface area (Å²) in [5, 5.41) is 105. The Morgan fingerprint density at radius 3 is 1.99 bits per heavy atom. The molecule has 4 rings (SSSR count). The van der Waals surface area contributed by atoms with Crippen LogP contribution in [0.15, 0.2) is 29.6 Å². The van der Waals surface area contributed by atoms with Gasteiger partial charge < -0.3 is 88.7 Å². The second-order valence-electron chi connectivity index (χ2n) is 21.5. The molecule has 3 aliphatic heterocycles. The van der Waals surface area contributed by atoms with Crippen molar-refractivity contribution >= 4 is 41.4 Å². The molecule has 3 heterocycles. The number of benzene rings is 1. The van der Waals surface area contributed by atoms with E-state index in [0.29, 0.717) is 29.7 Å². The Bertz CT molecular complexity index is 2160. The van der Waals surface area contributed by atoms with Crippen molar-refractivity contribution in [3.05, 3.63) is 34.7 Å². The van der Waals surface area contributed by atoms with Gasteiger partial charge in [0.1, 0.15) is 60.4 Å². The maximum atomic E-state index is 14.6. The highest BCUT2D eigenvalue weighted by Crippen LogP contribution is 2.27. The molecule has 27 heteroatoms. The highest BCUT2D eigenvalue weighted by atomic mass is 16.3. The summed E-state index contributed by atoms with van der Waals surface area (Å²) in [7, 11) is 0. The minimum Gasteiger partial charge on any atom is -0.508 e. The first-order valence-electron chi connectivity index (χ1n) is 27.6. The van der Waals surface area contributed by atoms with Gasteiger partial charge in [0.25, 0.3) is 0 Å². The lowest BCUT2D eigenvalue weighted by atomic mass is 9.91. The smallest absolute Gasteiger partial charge is 0.248 e. The van der Waals surface area contributed by atoms with Crippen molar-refractivity contribution in [2.24, 2.45) is 28.6 Å². The summed E-state index contributed by atoms with van der Waals surface area (Å²) in [6.07, 6.45) is -8.65. The molecule has 0 radical (unpaired) electrons. The molecule has 3 aliphatic rings. The standard InChI is InChI=1S/C52H87N11O16/c1-5-28(2)24-29(3)12-10-8-6-7-9-11-13-39(70)55-34-26-38(69)46(63(60-79)23-21-54)59-50(76)43-37(68)19-22-61(43)52(78)41(36(67)18-20-53)57-49(75)42(45(72)44(71)31-14-16-32(65)17-15-31)58-48(74)35-25-33(66)27-62(35)51(77)40(30(4)64)56-47(34)73/h14-17,28-30,33-38,40-46,64-69,71-72H,5-13,18-27,53-54H2,1-4H3,(H,55,70)(H,56,73)(H,57,75)(H,58,74)(H,59,76)/t28-,29+,30+,33+,34-,35-,36+,37-,38+,40-,41-,42-,43-,44-,45-,46+/m0/s1. The van der Waals surface area contributed by atoms with Gasteiger partial charge in [-0.2, -0.15) is 0 Å². The molecule has 7 amide bonds. The molecule has 0 aromatic heterocycles. The minimum absolute atomic E-state index is 0.0830. The van der Waals surface area contributed by atoms with Crippen LogP contribution in [0.3, 0.4) is 0 Å². The number of amides is 7. The summed E-state index contributed by atoms with van der Waals surface area (Å²) < 4.78 is 0.